The Labute approximate surface area is 202 Å². The molecule has 1 aromatic heterocycles. The fourth-order valence-electron chi connectivity index (χ4n) is 4.86. The fraction of sp³-hybridized carbons (Fsp3) is 0.900. The van der Waals surface area contributed by atoms with E-state index in [9.17, 15) is 0 Å². The highest BCUT2D eigenvalue weighted by molar-refractivity contribution is 4.84. The van der Waals surface area contributed by atoms with Gasteiger partial charge in [0.15, 0.2) is 0 Å². The Morgan fingerprint density at radius 3 is 1.44 bits per heavy atom. The second-order valence-corrected chi connectivity index (χ2v) is 10.2. The van der Waals surface area contributed by atoms with Gasteiger partial charge in [0.2, 0.25) is 0 Å². The van der Waals surface area contributed by atoms with Crippen molar-refractivity contribution in [2.45, 2.75) is 175 Å². The van der Waals surface area contributed by atoms with Gasteiger partial charge in [-0.3, -0.25) is 0 Å². The zero-order chi connectivity index (χ0) is 23.1. The van der Waals surface area contributed by atoms with Gasteiger partial charge in [-0.15, -0.1) is 0 Å². The van der Waals surface area contributed by atoms with Gasteiger partial charge >= 0.3 is 0 Å². The third-order valence-electron chi connectivity index (χ3n) is 7.10. The van der Waals surface area contributed by atoms with E-state index in [1.54, 1.807) is 5.82 Å². The Kier molecular flexibility index (Phi) is 20.1. The molecule has 2 heteroatoms. The molecule has 0 atom stereocenters. The van der Waals surface area contributed by atoms with Gasteiger partial charge in [-0.1, -0.05) is 130 Å². The molecule has 0 radical (unpaired) electrons. The first-order chi connectivity index (χ1) is 15.8. The molecule has 0 spiro atoms. The van der Waals surface area contributed by atoms with Crippen LogP contribution in [0.15, 0.2) is 12.4 Å². The lowest BCUT2D eigenvalue weighted by atomic mass is 10.0. The van der Waals surface area contributed by atoms with E-state index in [2.05, 4.69) is 42.3 Å². The Balaban J connectivity index is 1.96. The maximum absolute atomic E-state index is 2.55. The summed E-state index contributed by atoms with van der Waals surface area (Å²) in [4.78, 5) is 0. The molecule has 0 saturated carbocycles. The zero-order valence-corrected chi connectivity index (χ0v) is 22.5. The van der Waals surface area contributed by atoms with Gasteiger partial charge in [-0.2, -0.15) is 0 Å². The average Bonchev–Trinajstić information content (AvgIpc) is 3.19. The van der Waals surface area contributed by atoms with Crippen LogP contribution in [0.4, 0.5) is 0 Å². The lowest BCUT2D eigenvalue weighted by Crippen LogP contribution is -2.37. The van der Waals surface area contributed by atoms with Crippen molar-refractivity contribution in [2.75, 3.05) is 0 Å². The molecule has 0 fully saturated rings. The molecule has 1 rings (SSSR count). The van der Waals surface area contributed by atoms with Gasteiger partial charge in [0, 0.05) is 6.42 Å². The maximum atomic E-state index is 2.55. The molecule has 0 aliphatic carbocycles. The maximum Gasteiger partial charge on any atom is 0.256 e. The van der Waals surface area contributed by atoms with Crippen molar-refractivity contribution in [3.63, 3.8) is 0 Å². The third-order valence-corrected chi connectivity index (χ3v) is 7.10. The van der Waals surface area contributed by atoms with Crippen LogP contribution in [-0.4, -0.2) is 4.57 Å². The van der Waals surface area contributed by atoms with Gasteiger partial charge in [-0.05, 0) is 25.7 Å². The highest BCUT2D eigenvalue weighted by Crippen LogP contribution is 2.14. The van der Waals surface area contributed by atoms with Crippen LogP contribution in [0.5, 0.6) is 0 Å². The first-order valence-electron chi connectivity index (χ1n) is 14.9. The van der Waals surface area contributed by atoms with E-state index in [0.29, 0.717) is 0 Å². The SMILES string of the molecule is CCCCCCCCCCCCCCCCCCCn1cc[n+](CCCC)c1CCCC. The molecule has 1 aromatic rings. The smallest absolute Gasteiger partial charge is 0.234 e. The Bertz CT molecular complexity index is 505. The topological polar surface area (TPSA) is 8.81 Å². The minimum absolute atomic E-state index is 1.20. The van der Waals surface area contributed by atoms with Crippen molar-refractivity contribution in [1.29, 1.82) is 0 Å². The molecular formula is C30H59N2+. The summed E-state index contributed by atoms with van der Waals surface area (Å²) in [7, 11) is 0. The normalized spacial score (nSPS) is 11.5. The Morgan fingerprint density at radius 1 is 0.531 bits per heavy atom. The molecule has 0 aliphatic rings. The summed E-state index contributed by atoms with van der Waals surface area (Å²) in [6, 6.07) is 0. The summed E-state index contributed by atoms with van der Waals surface area (Å²) in [5.41, 5.74) is 0. The van der Waals surface area contributed by atoms with Crippen molar-refractivity contribution in [1.82, 2.24) is 4.57 Å². The van der Waals surface area contributed by atoms with E-state index >= 15 is 0 Å². The van der Waals surface area contributed by atoms with Crippen molar-refractivity contribution < 1.29 is 4.57 Å². The van der Waals surface area contributed by atoms with E-state index in [1.165, 1.54) is 154 Å². The van der Waals surface area contributed by atoms with E-state index in [1.807, 2.05) is 0 Å². The third kappa shape index (κ3) is 15.1. The minimum Gasteiger partial charge on any atom is -0.234 e. The second kappa shape index (κ2) is 22.0. The number of imidazole rings is 1. The number of rotatable bonds is 24. The first kappa shape index (κ1) is 29.2. The number of nitrogens with zero attached hydrogens (tertiary/aromatic N) is 2. The molecule has 2 nitrogen and oxygen atoms in total. The van der Waals surface area contributed by atoms with Gasteiger partial charge in [-0.25, -0.2) is 9.13 Å². The van der Waals surface area contributed by atoms with Crippen LogP contribution < -0.4 is 4.57 Å². The zero-order valence-electron chi connectivity index (χ0n) is 22.5. The highest BCUT2D eigenvalue weighted by Gasteiger charge is 2.15. The number of hydrogen-bond donors (Lipinski definition) is 0. The van der Waals surface area contributed by atoms with Gasteiger partial charge in [0.1, 0.15) is 12.4 Å². The van der Waals surface area contributed by atoms with Crippen molar-refractivity contribution in [3.05, 3.63) is 18.2 Å². The molecule has 1 heterocycles. The monoisotopic (exact) mass is 447 g/mol. The van der Waals surface area contributed by atoms with E-state index in [-0.39, 0.29) is 0 Å². The lowest BCUT2D eigenvalue weighted by Gasteiger charge is -2.06. The summed E-state index contributed by atoms with van der Waals surface area (Å²) in [5, 5.41) is 0. The molecule has 188 valence electrons. The molecule has 0 aromatic carbocycles. The molecule has 0 saturated heterocycles. The van der Waals surface area contributed by atoms with Crippen LogP contribution in [-0.2, 0) is 19.5 Å². The van der Waals surface area contributed by atoms with E-state index in [4.69, 9.17) is 0 Å². The molecule has 0 aliphatic heterocycles. The summed E-state index contributed by atoms with van der Waals surface area (Å²) < 4.78 is 5.07. The van der Waals surface area contributed by atoms with Crippen LogP contribution in [0.3, 0.4) is 0 Å². The Hall–Kier alpha value is -0.790. The summed E-state index contributed by atoms with van der Waals surface area (Å²) in [6.45, 7) is 9.32. The van der Waals surface area contributed by atoms with Gasteiger partial charge < -0.3 is 0 Å². The van der Waals surface area contributed by atoms with E-state index in [0.717, 1.165) is 0 Å². The largest absolute Gasteiger partial charge is 0.256 e. The molecule has 0 bridgehead atoms. The molecule has 32 heavy (non-hydrogen) atoms. The van der Waals surface area contributed by atoms with Crippen molar-refractivity contribution in [2.24, 2.45) is 0 Å². The number of unbranched alkanes of at least 4 members (excludes halogenated alkanes) is 18. The van der Waals surface area contributed by atoms with Crippen LogP contribution in [0.2, 0.25) is 0 Å². The van der Waals surface area contributed by atoms with Crippen molar-refractivity contribution >= 4 is 0 Å². The molecular weight excluding hydrogens is 388 g/mol. The fourth-order valence-corrected chi connectivity index (χ4v) is 4.86. The average molecular weight is 448 g/mol. The molecule has 0 unspecified atom stereocenters. The quantitative estimate of drug-likeness (QED) is 0.110. The number of hydrogen-bond acceptors (Lipinski definition) is 0. The Morgan fingerprint density at radius 2 is 0.969 bits per heavy atom. The molecule has 0 N–H and O–H groups in total. The number of aromatic nitrogens is 2. The van der Waals surface area contributed by atoms with E-state index < -0.39 is 0 Å². The van der Waals surface area contributed by atoms with Crippen LogP contribution in [0.25, 0.3) is 0 Å². The summed E-state index contributed by atoms with van der Waals surface area (Å²) in [6.07, 6.45) is 35.7. The van der Waals surface area contributed by atoms with Crippen LogP contribution in [0.1, 0.15) is 161 Å². The second-order valence-electron chi connectivity index (χ2n) is 10.2. The van der Waals surface area contributed by atoms with Crippen LogP contribution >= 0.6 is 0 Å². The number of aryl methyl sites for hydroxylation is 2. The predicted octanol–water partition coefficient (Wildman–Crippen LogP) is 9.57. The van der Waals surface area contributed by atoms with Gasteiger partial charge in [0.05, 0.1) is 13.1 Å². The lowest BCUT2D eigenvalue weighted by molar-refractivity contribution is -0.704. The summed E-state index contributed by atoms with van der Waals surface area (Å²) in [5.74, 6) is 1.57. The summed E-state index contributed by atoms with van der Waals surface area (Å²) >= 11 is 0. The van der Waals surface area contributed by atoms with Crippen molar-refractivity contribution in [3.8, 4) is 0 Å². The molecule has 0 amide bonds. The highest BCUT2D eigenvalue weighted by atomic mass is 15.1. The standard InChI is InChI=1S/C30H59N2/c1-4-7-10-11-12-13-14-15-16-17-18-19-20-21-22-23-24-27-32-29-28-31(26-9-6-3)30(32)25-8-5-2/h28-29H,4-27H2,1-3H3/q+1. The van der Waals surface area contributed by atoms with Crippen LogP contribution in [0, 0.1) is 0 Å². The van der Waals surface area contributed by atoms with Gasteiger partial charge in [0.25, 0.3) is 5.82 Å². The first-order valence-corrected chi connectivity index (χ1v) is 14.9. The predicted molar refractivity (Wildman–Crippen MR) is 142 cm³/mol. The minimum atomic E-state index is 1.20.